The Morgan fingerprint density at radius 2 is 1.79 bits per heavy atom. The van der Waals surface area contributed by atoms with Crippen LogP contribution in [-0.2, 0) is 14.3 Å². The summed E-state index contributed by atoms with van der Waals surface area (Å²) >= 11 is 1.31. The average Bonchev–Trinajstić information content (AvgIpc) is 2.90. The molecule has 1 aliphatic rings. The van der Waals surface area contributed by atoms with E-state index in [4.69, 9.17) is 4.74 Å². The lowest BCUT2D eigenvalue weighted by atomic mass is 10.0. The van der Waals surface area contributed by atoms with Crippen LogP contribution in [0.25, 0.3) is 0 Å². The number of benzene rings is 1. The van der Waals surface area contributed by atoms with Crippen LogP contribution in [0.15, 0.2) is 12.1 Å². The number of nitrogens with one attached hydrogen (secondary N) is 3. The number of thiophene rings is 1. The van der Waals surface area contributed by atoms with Gasteiger partial charge in [0.15, 0.2) is 0 Å². The molecule has 1 aliphatic heterocycles. The normalized spacial score (nSPS) is 15.3. The largest absolute Gasteiger partial charge is 0.465 e. The van der Waals surface area contributed by atoms with Gasteiger partial charge in [-0.1, -0.05) is 0 Å². The number of hydrogen-bond donors (Lipinski definition) is 3. The number of methoxy groups -OCH3 is 1. The number of hydrogen-bond acceptors (Lipinski definition) is 6. The quantitative estimate of drug-likeness (QED) is 0.681. The molecule has 0 aliphatic carbocycles. The number of carbonyl (C=O) groups excluding carboxylic acids is 3. The number of esters is 1. The Morgan fingerprint density at radius 3 is 2.43 bits per heavy atom. The van der Waals surface area contributed by atoms with E-state index in [9.17, 15) is 14.4 Å². The molecule has 148 valence electrons. The van der Waals surface area contributed by atoms with E-state index in [1.165, 1.54) is 18.4 Å². The van der Waals surface area contributed by atoms with Gasteiger partial charge < -0.3 is 20.7 Å². The van der Waals surface area contributed by atoms with Crippen LogP contribution in [0.1, 0.15) is 38.3 Å². The lowest BCUT2D eigenvalue weighted by Gasteiger charge is -2.27. The highest BCUT2D eigenvalue weighted by Crippen LogP contribution is 2.34. The van der Waals surface area contributed by atoms with E-state index in [0.717, 1.165) is 27.3 Å². The van der Waals surface area contributed by atoms with Crippen LogP contribution in [-0.4, -0.2) is 30.9 Å². The molecule has 0 saturated carbocycles. The van der Waals surface area contributed by atoms with E-state index in [0.29, 0.717) is 16.3 Å². The summed E-state index contributed by atoms with van der Waals surface area (Å²) in [5.41, 5.74) is 4.81. The van der Waals surface area contributed by atoms with Crippen LogP contribution in [0.3, 0.4) is 0 Å². The van der Waals surface area contributed by atoms with Crippen molar-refractivity contribution in [2.75, 3.05) is 23.1 Å². The topological polar surface area (TPSA) is 96.5 Å². The first kappa shape index (κ1) is 19.9. The van der Waals surface area contributed by atoms with Crippen molar-refractivity contribution >= 4 is 45.5 Å². The smallest absolute Gasteiger partial charge is 0.341 e. The Labute approximate surface area is 167 Å². The summed E-state index contributed by atoms with van der Waals surface area (Å²) in [5.74, 6) is -1.12. The second kappa shape index (κ2) is 7.63. The zero-order chi connectivity index (χ0) is 20.6. The monoisotopic (exact) mass is 401 g/mol. The van der Waals surface area contributed by atoms with E-state index in [1.807, 2.05) is 39.8 Å². The zero-order valence-corrected chi connectivity index (χ0v) is 17.3. The minimum absolute atomic E-state index is 0.0607. The molecular formula is C20H23N3O4S. The Kier molecular flexibility index (Phi) is 5.42. The molecule has 0 fully saturated rings. The molecule has 1 aromatic carbocycles. The van der Waals surface area contributed by atoms with Crippen LogP contribution in [0.5, 0.6) is 0 Å². The van der Waals surface area contributed by atoms with Crippen molar-refractivity contribution in [1.82, 2.24) is 0 Å². The van der Waals surface area contributed by atoms with Crippen LogP contribution in [0.4, 0.5) is 16.4 Å². The van der Waals surface area contributed by atoms with E-state index < -0.39 is 12.0 Å². The lowest BCUT2D eigenvalue weighted by Crippen LogP contribution is -2.41. The Morgan fingerprint density at radius 1 is 1.14 bits per heavy atom. The van der Waals surface area contributed by atoms with Crippen LogP contribution < -0.4 is 16.0 Å². The molecule has 7 nitrogen and oxygen atoms in total. The predicted octanol–water partition coefficient (Wildman–Crippen LogP) is 3.53. The maximum absolute atomic E-state index is 12.6. The minimum Gasteiger partial charge on any atom is -0.465 e. The highest BCUT2D eigenvalue weighted by Gasteiger charge is 2.29. The molecule has 3 N–H and O–H groups in total. The van der Waals surface area contributed by atoms with Gasteiger partial charge in [0, 0.05) is 4.88 Å². The molecule has 1 atom stereocenters. The fourth-order valence-corrected chi connectivity index (χ4v) is 4.15. The highest BCUT2D eigenvalue weighted by molar-refractivity contribution is 7.16. The van der Waals surface area contributed by atoms with Gasteiger partial charge in [0.1, 0.15) is 11.0 Å². The predicted molar refractivity (Wildman–Crippen MR) is 110 cm³/mol. The summed E-state index contributed by atoms with van der Waals surface area (Å²) in [7, 11) is 1.30. The van der Waals surface area contributed by atoms with E-state index in [2.05, 4.69) is 16.0 Å². The van der Waals surface area contributed by atoms with Crippen molar-refractivity contribution in [1.29, 1.82) is 0 Å². The second-order valence-electron chi connectivity index (χ2n) is 6.90. The number of anilines is 3. The number of fused-ring (bicyclic) bond motifs is 1. The molecule has 0 bridgehead atoms. The van der Waals surface area contributed by atoms with E-state index in [-0.39, 0.29) is 18.2 Å². The lowest BCUT2D eigenvalue weighted by molar-refractivity contribution is -0.122. The van der Waals surface area contributed by atoms with Crippen molar-refractivity contribution in [3.05, 3.63) is 39.3 Å². The van der Waals surface area contributed by atoms with Crippen LogP contribution in [0.2, 0.25) is 0 Å². The van der Waals surface area contributed by atoms with Gasteiger partial charge in [-0.3, -0.25) is 9.59 Å². The fraction of sp³-hybridized carbons (Fsp3) is 0.350. The van der Waals surface area contributed by atoms with Gasteiger partial charge >= 0.3 is 5.97 Å². The molecule has 0 radical (unpaired) electrons. The molecular weight excluding hydrogens is 378 g/mol. The molecule has 0 saturated heterocycles. The molecule has 3 rings (SSSR count). The van der Waals surface area contributed by atoms with Crippen molar-refractivity contribution in [2.45, 2.75) is 40.2 Å². The summed E-state index contributed by atoms with van der Waals surface area (Å²) < 4.78 is 4.82. The van der Waals surface area contributed by atoms with Crippen molar-refractivity contribution in [3.8, 4) is 0 Å². The summed E-state index contributed by atoms with van der Waals surface area (Å²) in [6, 6.07) is 3.17. The first-order valence-corrected chi connectivity index (χ1v) is 9.69. The first-order valence-electron chi connectivity index (χ1n) is 8.88. The Bertz CT molecular complexity index is 980. The summed E-state index contributed by atoms with van der Waals surface area (Å²) in [4.78, 5) is 37.9. The molecule has 0 spiro atoms. The average molecular weight is 401 g/mol. The summed E-state index contributed by atoms with van der Waals surface area (Å²) in [5, 5.41) is 9.18. The SMILES string of the molecule is COC(=O)c1c(NC(=O)C[C@@H]2Nc3cc(C)c(C)cc3NC2=O)sc(C)c1C. The third-order valence-electron chi connectivity index (χ3n) is 4.96. The highest BCUT2D eigenvalue weighted by atomic mass is 32.1. The molecule has 0 unspecified atom stereocenters. The van der Waals surface area contributed by atoms with Crippen molar-refractivity contribution in [2.24, 2.45) is 0 Å². The van der Waals surface area contributed by atoms with Gasteiger partial charge in [0.25, 0.3) is 0 Å². The molecule has 2 amide bonds. The standard InChI is InChI=1S/C20H23N3O4S/c1-9-6-13-14(7-10(9)2)22-18(25)15(21-13)8-16(24)23-19-17(20(26)27-5)11(3)12(4)28-19/h6-7,15,21H,8H2,1-5H3,(H,22,25)(H,23,24)/t15-/m0/s1. The van der Waals surface area contributed by atoms with Crippen molar-refractivity contribution in [3.63, 3.8) is 0 Å². The number of rotatable bonds is 4. The van der Waals surface area contributed by atoms with Gasteiger partial charge in [-0.05, 0) is 56.5 Å². The van der Waals surface area contributed by atoms with Gasteiger partial charge in [0.2, 0.25) is 11.8 Å². The van der Waals surface area contributed by atoms with Gasteiger partial charge in [-0.2, -0.15) is 0 Å². The molecule has 2 aromatic rings. The minimum atomic E-state index is -0.696. The third kappa shape index (κ3) is 3.73. The molecule has 1 aromatic heterocycles. The van der Waals surface area contributed by atoms with Gasteiger partial charge in [-0.15, -0.1) is 11.3 Å². The summed E-state index contributed by atoms with van der Waals surface area (Å²) in [6.07, 6.45) is -0.0607. The maximum Gasteiger partial charge on any atom is 0.341 e. The fourth-order valence-electron chi connectivity index (χ4n) is 3.08. The third-order valence-corrected chi connectivity index (χ3v) is 6.08. The number of ether oxygens (including phenoxy) is 1. The Hall–Kier alpha value is -2.87. The maximum atomic E-state index is 12.6. The number of amides is 2. The second-order valence-corrected chi connectivity index (χ2v) is 8.12. The van der Waals surface area contributed by atoms with Crippen LogP contribution in [0, 0.1) is 27.7 Å². The molecule has 28 heavy (non-hydrogen) atoms. The van der Waals surface area contributed by atoms with Gasteiger partial charge in [0.05, 0.1) is 30.5 Å². The van der Waals surface area contributed by atoms with Gasteiger partial charge in [-0.25, -0.2) is 4.79 Å². The van der Waals surface area contributed by atoms with E-state index >= 15 is 0 Å². The zero-order valence-electron chi connectivity index (χ0n) is 16.5. The molecule has 2 heterocycles. The number of aryl methyl sites for hydroxylation is 3. The van der Waals surface area contributed by atoms with Crippen LogP contribution >= 0.6 is 11.3 Å². The first-order chi connectivity index (χ1) is 13.2. The Balaban J connectivity index is 1.75. The van der Waals surface area contributed by atoms with E-state index in [1.54, 1.807) is 0 Å². The van der Waals surface area contributed by atoms with Crippen molar-refractivity contribution < 1.29 is 19.1 Å². The summed E-state index contributed by atoms with van der Waals surface area (Å²) in [6.45, 7) is 7.65. The molecule has 8 heteroatoms. The number of carbonyl (C=O) groups is 3.